The van der Waals surface area contributed by atoms with E-state index in [0.717, 1.165) is 12.0 Å². The summed E-state index contributed by atoms with van der Waals surface area (Å²) >= 11 is 3.19. The predicted molar refractivity (Wildman–Crippen MR) is 97.8 cm³/mol. The molecule has 1 rings (SSSR count). The van der Waals surface area contributed by atoms with Gasteiger partial charge in [-0.3, -0.25) is 9.59 Å². The van der Waals surface area contributed by atoms with Crippen molar-refractivity contribution in [3.63, 3.8) is 0 Å². The lowest BCUT2D eigenvalue weighted by Gasteiger charge is -2.18. The number of rotatable bonds is 11. The molecule has 1 atom stereocenters. The van der Waals surface area contributed by atoms with Gasteiger partial charge in [0.2, 0.25) is 5.91 Å². The number of carbonyl (C=O) groups excluding carboxylic acids is 2. The second-order valence-electron chi connectivity index (χ2n) is 6.04. The summed E-state index contributed by atoms with van der Waals surface area (Å²) in [6.07, 6.45) is 1.27. The molecule has 5 nitrogen and oxygen atoms in total. The summed E-state index contributed by atoms with van der Waals surface area (Å²) in [6.45, 7) is 5.00. The smallest absolute Gasteiger partial charge is 0.221 e. The zero-order valence-corrected chi connectivity index (χ0v) is 16.1. The molecule has 0 saturated carbocycles. The summed E-state index contributed by atoms with van der Waals surface area (Å²) in [6, 6.07) is 5.44. The van der Waals surface area contributed by atoms with Gasteiger partial charge < -0.3 is 15.2 Å². The Morgan fingerprint density at radius 3 is 2.50 bits per heavy atom. The van der Waals surface area contributed by atoms with Crippen LogP contribution in [0.1, 0.15) is 36.2 Å². The van der Waals surface area contributed by atoms with Crippen LogP contribution in [0.3, 0.4) is 0 Å². The van der Waals surface area contributed by atoms with E-state index in [0.29, 0.717) is 30.9 Å². The lowest BCUT2D eigenvalue weighted by atomic mass is 9.88. The first kappa shape index (κ1) is 20.6. The van der Waals surface area contributed by atoms with Crippen molar-refractivity contribution in [2.75, 3.05) is 25.7 Å². The largest absolute Gasteiger partial charge is 0.493 e. The minimum absolute atomic E-state index is 0.0430. The number of nitrogens with two attached hydrogens (primary N) is 1. The number of ketones is 1. The lowest BCUT2D eigenvalue weighted by molar-refractivity contribution is -0.123. The van der Waals surface area contributed by atoms with Gasteiger partial charge in [-0.05, 0) is 30.0 Å². The average molecular weight is 400 g/mol. The maximum Gasteiger partial charge on any atom is 0.221 e. The molecular weight excluding hydrogens is 374 g/mol. The molecule has 0 radical (unpaired) electrons. The van der Waals surface area contributed by atoms with E-state index in [-0.39, 0.29) is 28.9 Å². The second-order valence-corrected chi connectivity index (χ2v) is 6.60. The number of alkyl halides is 1. The molecule has 2 N–H and O–H groups in total. The number of hydrogen-bond acceptors (Lipinski definition) is 4. The minimum atomic E-state index is -0.312. The third-order valence-corrected chi connectivity index (χ3v) is 4.35. The zero-order chi connectivity index (χ0) is 18.1. The number of amides is 1. The molecule has 0 aliphatic carbocycles. The number of carbonyl (C=O) groups is 2. The Hall–Kier alpha value is -1.40. The fourth-order valence-electron chi connectivity index (χ4n) is 2.42. The molecule has 0 spiro atoms. The molecule has 1 unspecified atom stereocenters. The molecule has 0 saturated heterocycles. The van der Waals surface area contributed by atoms with Gasteiger partial charge in [0, 0.05) is 26.1 Å². The van der Waals surface area contributed by atoms with Gasteiger partial charge in [-0.15, -0.1) is 0 Å². The van der Waals surface area contributed by atoms with E-state index in [1.807, 2.05) is 26.0 Å². The number of methoxy groups -OCH3 is 1. The van der Waals surface area contributed by atoms with E-state index < -0.39 is 0 Å². The van der Waals surface area contributed by atoms with Crippen molar-refractivity contribution in [1.82, 2.24) is 0 Å². The molecule has 0 heterocycles. The number of Topliss-reactive ketones (excluding diaryl/α,β-unsaturated/α-hetero) is 1. The molecule has 0 aliphatic heterocycles. The quantitative estimate of drug-likeness (QED) is 0.352. The zero-order valence-electron chi connectivity index (χ0n) is 14.5. The molecule has 0 fully saturated rings. The molecule has 24 heavy (non-hydrogen) atoms. The first-order valence-electron chi connectivity index (χ1n) is 8.03. The summed E-state index contributed by atoms with van der Waals surface area (Å²) in [5.41, 5.74) is 6.96. The van der Waals surface area contributed by atoms with Crippen molar-refractivity contribution >= 4 is 27.6 Å². The van der Waals surface area contributed by atoms with Crippen LogP contribution in [-0.2, 0) is 16.0 Å². The number of halogens is 1. The second kappa shape index (κ2) is 10.5. The van der Waals surface area contributed by atoms with Gasteiger partial charge in [-0.1, -0.05) is 35.8 Å². The van der Waals surface area contributed by atoms with Gasteiger partial charge in [0.25, 0.3) is 0 Å². The monoisotopic (exact) mass is 399 g/mol. The summed E-state index contributed by atoms with van der Waals surface area (Å²) in [5, 5.41) is 0.233. The van der Waals surface area contributed by atoms with Crippen LogP contribution < -0.4 is 10.5 Å². The van der Waals surface area contributed by atoms with Crippen molar-refractivity contribution in [1.29, 1.82) is 0 Å². The van der Waals surface area contributed by atoms with Crippen LogP contribution in [-0.4, -0.2) is 37.3 Å². The Morgan fingerprint density at radius 2 is 1.96 bits per heavy atom. The Bertz CT molecular complexity index is 560. The van der Waals surface area contributed by atoms with Gasteiger partial charge in [-0.2, -0.15) is 0 Å². The number of primary amides is 1. The van der Waals surface area contributed by atoms with Crippen molar-refractivity contribution in [3.8, 4) is 5.75 Å². The topological polar surface area (TPSA) is 78.6 Å². The van der Waals surface area contributed by atoms with Crippen molar-refractivity contribution in [2.24, 2.45) is 17.6 Å². The van der Waals surface area contributed by atoms with Crippen LogP contribution in [0.25, 0.3) is 0 Å². The van der Waals surface area contributed by atoms with Crippen LogP contribution >= 0.6 is 15.9 Å². The average Bonchev–Trinajstić information content (AvgIpc) is 2.55. The highest BCUT2D eigenvalue weighted by Gasteiger charge is 2.21. The summed E-state index contributed by atoms with van der Waals surface area (Å²) in [7, 11) is 1.64. The van der Waals surface area contributed by atoms with E-state index in [4.69, 9.17) is 15.2 Å². The van der Waals surface area contributed by atoms with E-state index in [1.165, 1.54) is 0 Å². The normalized spacial score (nSPS) is 12.2. The highest BCUT2D eigenvalue weighted by atomic mass is 79.9. The van der Waals surface area contributed by atoms with E-state index in [2.05, 4.69) is 15.9 Å². The number of hydrogen-bond donors (Lipinski definition) is 1. The molecule has 6 heteroatoms. The van der Waals surface area contributed by atoms with Gasteiger partial charge in [-0.25, -0.2) is 0 Å². The Labute approximate surface area is 152 Å². The van der Waals surface area contributed by atoms with Gasteiger partial charge in [0.05, 0.1) is 17.5 Å². The molecular formula is C18H26BrNO4. The molecule has 1 amide bonds. The molecule has 0 bridgehead atoms. The van der Waals surface area contributed by atoms with Gasteiger partial charge >= 0.3 is 0 Å². The highest BCUT2D eigenvalue weighted by Crippen LogP contribution is 2.25. The van der Waals surface area contributed by atoms with Crippen LogP contribution in [0.5, 0.6) is 5.75 Å². The van der Waals surface area contributed by atoms with Crippen LogP contribution in [0.4, 0.5) is 0 Å². The first-order chi connectivity index (χ1) is 11.4. The van der Waals surface area contributed by atoms with E-state index in [1.54, 1.807) is 13.2 Å². The third-order valence-electron chi connectivity index (χ3n) is 3.84. The molecule has 1 aromatic carbocycles. The molecule has 134 valence electrons. The van der Waals surface area contributed by atoms with Crippen molar-refractivity contribution in [3.05, 3.63) is 29.3 Å². The maximum absolute atomic E-state index is 12.0. The number of ether oxygens (including phenoxy) is 2. The molecule has 0 aliphatic rings. The number of benzene rings is 1. The van der Waals surface area contributed by atoms with E-state index in [9.17, 15) is 9.59 Å². The van der Waals surface area contributed by atoms with Crippen LogP contribution in [0, 0.1) is 11.8 Å². The van der Waals surface area contributed by atoms with Crippen molar-refractivity contribution < 1.29 is 19.1 Å². The van der Waals surface area contributed by atoms with Crippen LogP contribution in [0.15, 0.2) is 18.2 Å². The fraction of sp³-hybridized carbons (Fsp3) is 0.556. The fourth-order valence-corrected chi connectivity index (χ4v) is 2.72. The van der Waals surface area contributed by atoms with Crippen LogP contribution in [0.2, 0.25) is 0 Å². The summed E-state index contributed by atoms with van der Waals surface area (Å²) < 4.78 is 10.8. The maximum atomic E-state index is 12.0. The van der Waals surface area contributed by atoms with E-state index >= 15 is 0 Å². The Morgan fingerprint density at radius 1 is 1.25 bits per heavy atom. The third kappa shape index (κ3) is 6.24. The minimum Gasteiger partial charge on any atom is -0.493 e. The SMILES string of the molecule is COCCCOc1cc(CC(C(N)=O)C(C)C)ccc1C(=O)CBr. The predicted octanol–water partition coefficient (Wildman–Crippen LogP) is 2.98. The Kier molecular flexibility index (Phi) is 9.00. The van der Waals surface area contributed by atoms with Gasteiger partial charge in [0.1, 0.15) is 5.75 Å². The Balaban J connectivity index is 2.98. The molecule has 1 aromatic rings. The van der Waals surface area contributed by atoms with Gasteiger partial charge in [0.15, 0.2) is 5.78 Å². The molecule has 0 aromatic heterocycles. The first-order valence-corrected chi connectivity index (χ1v) is 9.16. The lowest BCUT2D eigenvalue weighted by Crippen LogP contribution is -2.29. The standard InChI is InChI=1S/C18H26BrNO4/c1-12(2)15(18(20)22)9-13-5-6-14(16(21)11-19)17(10-13)24-8-4-7-23-3/h5-6,10,12,15H,4,7-9,11H2,1-3H3,(H2,20,22). The van der Waals surface area contributed by atoms with Crippen molar-refractivity contribution in [2.45, 2.75) is 26.7 Å². The highest BCUT2D eigenvalue weighted by molar-refractivity contribution is 9.09. The summed E-state index contributed by atoms with van der Waals surface area (Å²) in [5.74, 6) is 0.0910. The summed E-state index contributed by atoms with van der Waals surface area (Å²) in [4.78, 5) is 23.7.